The number of nitrogens with one attached hydrogen (secondary N) is 1. The molecule has 2 N–H and O–H groups in total. The lowest BCUT2D eigenvalue weighted by Gasteiger charge is -2.20. The van der Waals surface area contributed by atoms with E-state index in [1.165, 1.54) is 11.3 Å². The summed E-state index contributed by atoms with van der Waals surface area (Å²) in [5.74, 6) is 0. The maximum absolute atomic E-state index is 9.81. The van der Waals surface area contributed by atoms with E-state index in [2.05, 4.69) is 24.1 Å². The minimum Gasteiger partial charge on any atom is -0.389 e. The number of nitrogens with zero attached hydrogens (tertiary/aromatic N) is 1. The topological polar surface area (TPSA) is 44.7 Å². The number of thiophene rings is 1. The molecule has 4 nitrogen and oxygen atoms in total. The van der Waals surface area contributed by atoms with Crippen LogP contribution in [0.3, 0.4) is 0 Å². The lowest BCUT2D eigenvalue weighted by atomic mass is 10.3. The molecule has 1 aromatic rings. The number of aliphatic hydroxyl groups is 1. The van der Waals surface area contributed by atoms with Crippen LogP contribution in [0, 0.1) is 0 Å². The van der Waals surface area contributed by atoms with Gasteiger partial charge in [0.25, 0.3) is 0 Å². The van der Waals surface area contributed by atoms with Crippen molar-refractivity contribution in [2.75, 3.05) is 39.3 Å². The van der Waals surface area contributed by atoms with Gasteiger partial charge in [-0.3, -0.25) is 0 Å². The van der Waals surface area contributed by atoms with Gasteiger partial charge < -0.3 is 20.1 Å². The molecule has 0 spiro atoms. The molecule has 1 aromatic heterocycles. The number of likely N-dealkylation sites (N-methyl/N-ethyl adjacent to an activating group) is 1. The molecule has 0 fully saturated rings. The van der Waals surface area contributed by atoms with Crippen LogP contribution in [0.1, 0.15) is 25.1 Å². The van der Waals surface area contributed by atoms with E-state index in [0.717, 1.165) is 26.2 Å². The van der Waals surface area contributed by atoms with Crippen molar-refractivity contribution in [1.82, 2.24) is 10.2 Å². The van der Waals surface area contributed by atoms with Crippen LogP contribution in [0.4, 0.5) is 0 Å². The van der Waals surface area contributed by atoms with Crippen LogP contribution in [-0.4, -0.2) is 55.4 Å². The van der Waals surface area contributed by atoms with Crippen LogP contribution >= 0.6 is 11.3 Å². The molecule has 1 heterocycles. The maximum atomic E-state index is 9.81. The third-order valence-electron chi connectivity index (χ3n) is 3.11. The first kappa shape index (κ1) is 17.6. The summed E-state index contributed by atoms with van der Waals surface area (Å²) in [7, 11) is 0. The summed E-state index contributed by atoms with van der Waals surface area (Å²) in [6.07, 6.45) is 0.753. The maximum Gasteiger partial charge on any atom is 0.0897 e. The number of aliphatic hydroxyl groups excluding tert-OH is 1. The predicted octanol–water partition coefficient (Wildman–Crippen LogP) is 1.95. The predicted molar refractivity (Wildman–Crippen MR) is 85.3 cm³/mol. The third-order valence-corrected chi connectivity index (χ3v) is 3.96. The summed E-state index contributed by atoms with van der Waals surface area (Å²) in [5.41, 5.74) is 0. The molecule has 1 unspecified atom stereocenters. The van der Waals surface area contributed by atoms with Crippen molar-refractivity contribution in [2.24, 2.45) is 0 Å². The van der Waals surface area contributed by atoms with Gasteiger partial charge in [-0.2, -0.15) is 0 Å². The zero-order valence-corrected chi connectivity index (χ0v) is 13.5. The minimum absolute atomic E-state index is 0.386. The Morgan fingerprint density at radius 3 is 2.90 bits per heavy atom. The Kier molecular flexibility index (Phi) is 9.87. The summed E-state index contributed by atoms with van der Waals surface area (Å²) in [4.78, 5) is 3.61. The fraction of sp³-hybridized carbons (Fsp3) is 0.733. The fourth-order valence-corrected chi connectivity index (χ4v) is 2.64. The minimum atomic E-state index is -0.434. The highest BCUT2D eigenvalue weighted by Gasteiger charge is 2.05. The Morgan fingerprint density at radius 1 is 1.40 bits per heavy atom. The van der Waals surface area contributed by atoms with Crippen LogP contribution in [0.25, 0.3) is 0 Å². The van der Waals surface area contributed by atoms with Gasteiger partial charge >= 0.3 is 0 Å². The monoisotopic (exact) mass is 300 g/mol. The van der Waals surface area contributed by atoms with Crippen molar-refractivity contribution < 1.29 is 9.84 Å². The van der Waals surface area contributed by atoms with Gasteiger partial charge in [0.1, 0.15) is 0 Å². The molecule has 0 aromatic carbocycles. The highest BCUT2D eigenvalue weighted by atomic mass is 32.1. The van der Waals surface area contributed by atoms with E-state index >= 15 is 0 Å². The molecule has 20 heavy (non-hydrogen) atoms. The van der Waals surface area contributed by atoms with Crippen LogP contribution in [0.5, 0.6) is 0 Å². The molecule has 0 saturated heterocycles. The van der Waals surface area contributed by atoms with Gasteiger partial charge in [0.05, 0.1) is 19.3 Å². The number of ether oxygens (including phenoxy) is 1. The molecule has 116 valence electrons. The second kappa shape index (κ2) is 11.2. The van der Waals surface area contributed by atoms with Crippen molar-refractivity contribution >= 4 is 11.3 Å². The van der Waals surface area contributed by atoms with E-state index < -0.39 is 6.10 Å². The normalized spacial score (nSPS) is 13.0. The van der Waals surface area contributed by atoms with E-state index in [1.54, 1.807) is 11.3 Å². The molecule has 5 heteroatoms. The van der Waals surface area contributed by atoms with E-state index in [-0.39, 0.29) is 0 Å². The average Bonchev–Trinajstić information content (AvgIpc) is 2.95. The zero-order chi connectivity index (χ0) is 14.6. The van der Waals surface area contributed by atoms with Crippen molar-refractivity contribution in [3.05, 3.63) is 22.4 Å². The van der Waals surface area contributed by atoms with Crippen molar-refractivity contribution in [2.45, 2.75) is 33.0 Å². The highest BCUT2D eigenvalue weighted by Crippen LogP contribution is 2.09. The highest BCUT2D eigenvalue weighted by molar-refractivity contribution is 7.09. The molecule has 0 amide bonds. The van der Waals surface area contributed by atoms with Crippen LogP contribution in [0.2, 0.25) is 0 Å². The Balaban J connectivity index is 1.98. The van der Waals surface area contributed by atoms with E-state index in [0.29, 0.717) is 19.8 Å². The summed E-state index contributed by atoms with van der Waals surface area (Å²) in [5, 5.41) is 15.1. The molecule has 0 bridgehead atoms. The molecule has 1 rings (SSSR count). The summed E-state index contributed by atoms with van der Waals surface area (Å²) >= 11 is 1.68. The van der Waals surface area contributed by atoms with E-state index in [9.17, 15) is 5.11 Å². The van der Waals surface area contributed by atoms with E-state index in [4.69, 9.17) is 4.74 Å². The largest absolute Gasteiger partial charge is 0.389 e. The quantitative estimate of drug-likeness (QED) is 0.579. The van der Waals surface area contributed by atoms with E-state index in [1.807, 2.05) is 17.5 Å². The molecule has 0 saturated carbocycles. The average molecular weight is 300 g/mol. The van der Waals surface area contributed by atoms with Gasteiger partial charge in [0.15, 0.2) is 0 Å². The molecular formula is C15H28N2O2S. The molecule has 0 radical (unpaired) electrons. The van der Waals surface area contributed by atoms with Crippen molar-refractivity contribution in [3.63, 3.8) is 0 Å². The Labute approximate surface area is 126 Å². The van der Waals surface area contributed by atoms with Gasteiger partial charge in [-0.1, -0.05) is 19.9 Å². The third kappa shape index (κ3) is 7.97. The smallest absolute Gasteiger partial charge is 0.0897 e. The number of hydrogen-bond donors (Lipinski definition) is 2. The molecule has 1 atom stereocenters. The molecule has 0 aliphatic heterocycles. The van der Waals surface area contributed by atoms with Gasteiger partial charge in [-0.25, -0.2) is 0 Å². The van der Waals surface area contributed by atoms with Crippen LogP contribution in [0.15, 0.2) is 17.5 Å². The van der Waals surface area contributed by atoms with Crippen LogP contribution < -0.4 is 5.32 Å². The van der Waals surface area contributed by atoms with Gasteiger partial charge in [-0.15, -0.1) is 11.3 Å². The van der Waals surface area contributed by atoms with Crippen LogP contribution in [-0.2, 0) is 11.3 Å². The van der Waals surface area contributed by atoms with Crippen molar-refractivity contribution in [3.8, 4) is 0 Å². The fourth-order valence-electron chi connectivity index (χ4n) is 2.00. The lowest BCUT2D eigenvalue weighted by Crippen LogP contribution is -2.37. The molecular weight excluding hydrogens is 272 g/mol. The second-order valence-electron chi connectivity index (χ2n) is 4.89. The second-order valence-corrected chi connectivity index (χ2v) is 5.92. The summed E-state index contributed by atoms with van der Waals surface area (Å²) < 4.78 is 5.49. The SMILES string of the molecule is CCCN(CC)CCNCC(O)COCc1cccs1. The zero-order valence-electron chi connectivity index (χ0n) is 12.7. The summed E-state index contributed by atoms with van der Waals surface area (Å²) in [6, 6.07) is 4.06. The van der Waals surface area contributed by atoms with Crippen molar-refractivity contribution in [1.29, 1.82) is 0 Å². The number of rotatable bonds is 12. The van der Waals surface area contributed by atoms with Gasteiger partial charge in [-0.05, 0) is 31.0 Å². The van der Waals surface area contributed by atoms with Gasteiger partial charge in [0.2, 0.25) is 0 Å². The molecule has 0 aliphatic carbocycles. The Bertz CT molecular complexity index is 320. The standard InChI is InChI=1S/C15H28N2O2S/c1-3-8-17(4-2)9-7-16-11-14(18)12-19-13-15-6-5-10-20-15/h5-6,10,14,16,18H,3-4,7-9,11-13H2,1-2H3. The first-order chi connectivity index (χ1) is 9.76. The first-order valence-electron chi connectivity index (χ1n) is 7.47. The Hall–Kier alpha value is -0.460. The Morgan fingerprint density at radius 2 is 2.25 bits per heavy atom. The summed E-state index contributed by atoms with van der Waals surface area (Å²) in [6.45, 7) is 10.1. The number of hydrogen-bond acceptors (Lipinski definition) is 5. The lowest BCUT2D eigenvalue weighted by molar-refractivity contribution is 0.0297. The molecule has 0 aliphatic rings. The van der Waals surface area contributed by atoms with Gasteiger partial charge in [0, 0.05) is 24.5 Å². The first-order valence-corrected chi connectivity index (χ1v) is 8.35.